The molecule has 0 saturated carbocycles. The molecule has 0 aliphatic rings. The van der Waals surface area contributed by atoms with Gasteiger partial charge >= 0.3 is 0 Å². The zero-order valence-electron chi connectivity index (χ0n) is 12.5. The number of nitrogens with one attached hydrogen (secondary N) is 1. The van der Waals surface area contributed by atoms with Crippen LogP contribution in [0.5, 0.6) is 11.6 Å². The van der Waals surface area contributed by atoms with Crippen molar-refractivity contribution in [3.63, 3.8) is 0 Å². The second-order valence-corrected chi connectivity index (χ2v) is 6.55. The number of aromatic nitrogens is 1. The van der Waals surface area contributed by atoms with Crippen molar-refractivity contribution >= 4 is 29.0 Å². The molecule has 2 rings (SSSR count). The van der Waals surface area contributed by atoms with E-state index in [0.717, 1.165) is 0 Å². The molecule has 0 saturated heterocycles. The molecular formula is C16H18Cl2N2O. The molecule has 1 aromatic carbocycles. The van der Waals surface area contributed by atoms with Gasteiger partial charge < -0.3 is 10.1 Å². The van der Waals surface area contributed by atoms with Crippen LogP contribution in [0.25, 0.3) is 0 Å². The monoisotopic (exact) mass is 324 g/mol. The molecule has 0 atom stereocenters. The molecule has 5 heteroatoms. The lowest BCUT2D eigenvalue weighted by atomic mass is 9.87. The lowest BCUT2D eigenvalue weighted by molar-refractivity contribution is 0.461. The second-order valence-electron chi connectivity index (χ2n) is 5.74. The van der Waals surface area contributed by atoms with Crippen LogP contribution in [0.2, 0.25) is 10.0 Å². The Bertz CT molecular complexity index is 651. The van der Waals surface area contributed by atoms with E-state index >= 15 is 0 Å². The maximum Gasteiger partial charge on any atom is 0.240 e. The molecule has 0 radical (unpaired) electrons. The number of ether oxygens (including phenoxy) is 1. The smallest absolute Gasteiger partial charge is 0.240 e. The fourth-order valence-electron chi connectivity index (χ4n) is 1.83. The van der Waals surface area contributed by atoms with Crippen molar-refractivity contribution in [2.75, 3.05) is 12.4 Å². The largest absolute Gasteiger partial charge is 0.437 e. The van der Waals surface area contributed by atoms with Crippen molar-refractivity contribution in [3.8, 4) is 11.6 Å². The van der Waals surface area contributed by atoms with Gasteiger partial charge in [-0.05, 0) is 29.2 Å². The minimum absolute atomic E-state index is 0.0483. The lowest BCUT2D eigenvalue weighted by Gasteiger charge is -2.19. The molecule has 0 fully saturated rings. The van der Waals surface area contributed by atoms with Crippen LogP contribution in [0.1, 0.15) is 26.3 Å². The first-order chi connectivity index (χ1) is 9.81. The van der Waals surface area contributed by atoms with Gasteiger partial charge in [0.05, 0.1) is 5.02 Å². The van der Waals surface area contributed by atoms with Crippen molar-refractivity contribution in [2.24, 2.45) is 0 Å². The number of hydrogen-bond donors (Lipinski definition) is 1. The van der Waals surface area contributed by atoms with E-state index < -0.39 is 0 Å². The van der Waals surface area contributed by atoms with Gasteiger partial charge in [-0.2, -0.15) is 4.98 Å². The van der Waals surface area contributed by atoms with E-state index in [9.17, 15) is 0 Å². The molecule has 2 aromatic rings. The summed E-state index contributed by atoms with van der Waals surface area (Å²) < 4.78 is 5.80. The Balaban J connectivity index is 2.34. The maximum absolute atomic E-state index is 6.14. The highest BCUT2D eigenvalue weighted by Crippen LogP contribution is 2.34. The molecule has 0 unspecified atom stereocenters. The Hall–Kier alpha value is -1.45. The van der Waals surface area contributed by atoms with Crippen LogP contribution in [0.3, 0.4) is 0 Å². The van der Waals surface area contributed by atoms with E-state index in [0.29, 0.717) is 27.5 Å². The van der Waals surface area contributed by atoms with Crippen LogP contribution in [-0.2, 0) is 5.41 Å². The third-order valence-corrected chi connectivity index (χ3v) is 3.61. The highest BCUT2D eigenvalue weighted by atomic mass is 35.5. The van der Waals surface area contributed by atoms with Gasteiger partial charge in [0.2, 0.25) is 5.88 Å². The fourth-order valence-corrected chi connectivity index (χ4v) is 2.33. The number of nitrogens with zero attached hydrogens (tertiary/aromatic N) is 1. The molecule has 0 amide bonds. The van der Waals surface area contributed by atoms with Gasteiger partial charge in [-0.25, -0.2) is 0 Å². The summed E-state index contributed by atoms with van der Waals surface area (Å²) in [5.74, 6) is 1.56. The first-order valence-electron chi connectivity index (χ1n) is 6.63. The number of rotatable bonds is 3. The van der Waals surface area contributed by atoms with E-state index in [1.807, 2.05) is 18.2 Å². The number of hydrogen-bond acceptors (Lipinski definition) is 3. The van der Waals surface area contributed by atoms with Gasteiger partial charge in [-0.1, -0.05) is 56.1 Å². The number of pyridine rings is 1. The van der Waals surface area contributed by atoms with E-state index in [2.05, 4.69) is 37.1 Å². The fraction of sp³-hybridized carbons (Fsp3) is 0.312. The average Bonchev–Trinajstić information content (AvgIpc) is 2.41. The van der Waals surface area contributed by atoms with Gasteiger partial charge in [0, 0.05) is 7.05 Å². The highest BCUT2D eigenvalue weighted by Gasteiger charge is 2.15. The quantitative estimate of drug-likeness (QED) is 0.807. The van der Waals surface area contributed by atoms with Crippen molar-refractivity contribution in [1.82, 2.24) is 4.98 Å². The number of anilines is 1. The topological polar surface area (TPSA) is 34.2 Å². The average molecular weight is 325 g/mol. The van der Waals surface area contributed by atoms with Crippen LogP contribution >= 0.6 is 23.2 Å². The zero-order valence-corrected chi connectivity index (χ0v) is 14.0. The number of benzene rings is 1. The predicted molar refractivity (Wildman–Crippen MR) is 89.0 cm³/mol. The Morgan fingerprint density at radius 1 is 1.10 bits per heavy atom. The Labute approximate surface area is 135 Å². The van der Waals surface area contributed by atoms with E-state index in [-0.39, 0.29) is 5.41 Å². The van der Waals surface area contributed by atoms with Gasteiger partial charge in [-0.3, -0.25) is 0 Å². The van der Waals surface area contributed by atoms with Crippen molar-refractivity contribution in [2.45, 2.75) is 26.2 Å². The van der Waals surface area contributed by atoms with Gasteiger partial charge in [0.1, 0.15) is 16.6 Å². The van der Waals surface area contributed by atoms with Crippen LogP contribution in [0, 0.1) is 0 Å². The van der Waals surface area contributed by atoms with Gasteiger partial charge in [-0.15, -0.1) is 0 Å². The summed E-state index contributed by atoms with van der Waals surface area (Å²) in [6.45, 7) is 6.45. The molecule has 0 aliphatic carbocycles. The van der Waals surface area contributed by atoms with Crippen LogP contribution in [-0.4, -0.2) is 12.0 Å². The minimum Gasteiger partial charge on any atom is -0.437 e. The van der Waals surface area contributed by atoms with E-state index in [1.54, 1.807) is 13.1 Å². The van der Waals surface area contributed by atoms with Crippen molar-refractivity contribution in [3.05, 3.63) is 45.9 Å². The lowest BCUT2D eigenvalue weighted by Crippen LogP contribution is -2.10. The molecule has 3 nitrogen and oxygen atoms in total. The molecule has 0 bridgehead atoms. The summed E-state index contributed by atoms with van der Waals surface area (Å²) >= 11 is 12.2. The van der Waals surface area contributed by atoms with Crippen LogP contribution in [0.15, 0.2) is 30.3 Å². The molecule has 1 aromatic heterocycles. The molecule has 0 aliphatic heterocycles. The SMILES string of the molecule is CNc1nc(Oc2cccc(C(C)(C)C)c2)c(Cl)cc1Cl. The maximum atomic E-state index is 6.14. The summed E-state index contributed by atoms with van der Waals surface area (Å²) in [6.07, 6.45) is 0. The molecular weight excluding hydrogens is 307 g/mol. The second kappa shape index (κ2) is 6.12. The third-order valence-electron chi connectivity index (χ3n) is 3.05. The van der Waals surface area contributed by atoms with E-state index in [4.69, 9.17) is 27.9 Å². The molecule has 1 heterocycles. The van der Waals surface area contributed by atoms with Gasteiger partial charge in [0.25, 0.3) is 0 Å². The summed E-state index contributed by atoms with van der Waals surface area (Å²) in [4.78, 5) is 4.28. The Morgan fingerprint density at radius 3 is 2.43 bits per heavy atom. The first-order valence-corrected chi connectivity index (χ1v) is 7.39. The highest BCUT2D eigenvalue weighted by molar-refractivity contribution is 6.36. The Morgan fingerprint density at radius 2 is 1.81 bits per heavy atom. The standard InChI is InChI=1S/C16H18Cl2N2O/c1-16(2,3)10-6-5-7-11(8-10)21-15-13(18)9-12(17)14(19-4)20-15/h5-9H,1-4H3,(H,19,20). The summed E-state index contributed by atoms with van der Waals surface area (Å²) in [5, 5.41) is 3.73. The molecule has 1 N–H and O–H groups in total. The number of halogens is 2. The van der Waals surface area contributed by atoms with Crippen LogP contribution < -0.4 is 10.1 Å². The third kappa shape index (κ3) is 3.80. The predicted octanol–water partition coefficient (Wildman–Crippen LogP) is 5.52. The Kier molecular flexibility index (Phi) is 4.64. The summed E-state index contributed by atoms with van der Waals surface area (Å²) in [7, 11) is 1.74. The zero-order chi connectivity index (χ0) is 15.6. The van der Waals surface area contributed by atoms with Crippen molar-refractivity contribution < 1.29 is 4.74 Å². The van der Waals surface area contributed by atoms with Crippen molar-refractivity contribution in [1.29, 1.82) is 0 Å². The van der Waals surface area contributed by atoms with Crippen LogP contribution in [0.4, 0.5) is 5.82 Å². The molecule has 21 heavy (non-hydrogen) atoms. The first kappa shape index (κ1) is 15.9. The normalized spacial score (nSPS) is 11.3. The van der Waals surface area contributed by atoms with Gasteiger partial charge in [0.15, 0.2) is 0 Å². The molecule has 0 spiro atoms. The van der Waals surface area contributed by atoms with E-state index in [1.165, 1.54) is 5.56 Å². The summed E-state index contributed by atoms with van der Waals surface area (Å²) in [5.41, 5.74) is 1.23. The summed E-state index contributed by atoms with van der Waals surface area (Å²) in [6, 6.07) is 9.51. The minimum atomic E-state index is 0.0483. The molecule has 112 valence electrons.